The number of ether oxygens (including phenoxy) is 2. The Labute approximate surface area is 328 Å². The molecule has 0 saturated heterocycles. The third-order valence-electron chi connectivity index (χ3n) is 9.33. The van der Waals surface area contributed by atoms with Crippen molar-refractivity contribution >= 4 is 11.6 Å². The number of hydrogen-bond donors (Lipinski definition) is 3. The van der Waals surface area contributed by atoms with Crippen LogP contribution in [0.5, 0.6) is 11.5 Å². The van der Waals surface area contributed by atoms with E-state index in [1.165, 1.54) is 38.5 Å². The molecule has 0 fully saturated rings. The molecule has 0 spiro atoms. The number of benzene rings is 2. The van der Waals surface area contributed by atoms with Crippen molar-refractivity contribution in [2.75, 3.05) is 59.0 Å². The normalized spacial score (nSPS) is 11.9. The Hall–Kier alpha value is -3.62. The van der Waals surface area contributed by atoms with Crippen LogP contribution >= 0.6 is 0 Å². The minimum Gasteiger partial charge on any atom is -0.494 e. The van der Waals surface area contributed by atoms with Crippen molar-refractivity contribution in [2.45, 2.75) is 125 Å². The van der Waals surface area contributed by atoms with Gasteiger partial charge in [-0.05, 0) is 132 Å². The fraction of sp³-hybridized carbons (Fsp3) is 0.609. The molecule has 8 nitrogen and oxygen atoms in total. The van der Waals surface area contributed by atoms with Gasteiger partial charge < -0.3 is 30.3 Å². The molecule has 8 heteroatoms. The van der Waals surface area contributed by atoms with Crippen LogP contribution in [-0.2, 0) is 0 Å². The Balaban J connectivity index is 1.87. The summed E-state index contributed by atoms with van der Waals surface area (Å²) in [5, 5.41) is 10.4. The van der Waals surface area contributed by atoms with E-state index in [-0.39, 0.29) is 11.6 Å². The number of rotatable bonds is 34. The van der Waals surface area contributed by atoms with Gasteiger partial charge in [0.2, 0.25) is 0 Å². The van der Waals surface area contributed by atoms with E-state index in [4.69, 9.17) is 9.47 Å². The van der Waals surface area contributed by atoms with E-state index in [0.29, 0.717) is 37.4 Å². The lowest BCUT2D eigenvalue weighted by Crippen LogP contribution is -2.28. The van der Waals surface area contributed by atoms with Crippen molar-refractivity contribution in [2.24, 2.45) is 0 Å². The van der Waals surface area contributed by atoms with Crippen LogP contribution < -0.4 is 25.4 Å². The number of nitrogens with one attached hydrogen (secondary N) is 3. The molecule has 0 unspecified atom stereocenters. The van der Waals surface area contributed by atoms with Crippen molar-refractivity contribution in [1.82, 2.24) is 20.9 Å². The molecule has 2 aromatic carbocycles. The monoisotopic (exact) mass is 747 g/mol. The van der Waals surface area contributed by atoms with E-state index in [0.717, 1.165) is 107 Å². The second kappa shape index (κ2) is 30.7. The van der Waals surface area contributed by atoms with E-state index in [1.807, 2.05) is 48.5 Å². The van der Waals surface area contributed by atoms with Crippen LogP contribution in [0, 0.1) is 0 Å². The number of carbonyl (C=O) groups excluding carboxylic acids is 2. The topological polar surface area (TPSA) is 91.9 Å². The number of ketones is 2. The summed E-state index contributed by atoms with van der Waals surface area (Å²) in [4.78, 5) is 29.0. The average Bonchev–Trinajstić information content (AvgIpc) is 3.19. The Morgan fingerprint density at radius 2 is 0.926 bits per heavy atom. The van der Waals surface area contributed by atoms with Gasteiger partial charge >= 0.3 is 0 Å². The fourth-order valence-electron chi connectivity index (χ4n) is 5.91. The standard InChI is InChI=1S/C46H74N4O4/c1-6-11-18-41(37-45(51)39-20-24-43(25-21-39)53-35-16-29-47-28-13-8-3)48-30-31-49-42(19-12-7-2)38-46(52)40-22-26-44(27-23-40)54-36-17-34-50(32-14-9-4)33-15-10-5/h20-27,37-38,47-49H,6-19,28-36H2,1-5H3/b41-37+,42-38+. The molecule has 2 rings (SSSR count). The molecule has 0 saturated carbocycles. The van der Waals surface area contributed by atoms with E-state index in [9.17, 15) is 9.59 Å². The molecular weight excluding hydrogens is 673 g/mol. The molecule has 0 aliphatic carbocycles. The zero-order chi connectivity index (χ0) is 39.1. The van der Waals surface area contributed by atoms with Gasteiger partial charge in [0, 0.05) is 54.3 Å². The van der Waals surface area contributed by atoms with Crippen LogP contribution in [0.3, 0.4) is 0 Å². The first-order chi connectivity index (χ1) is 26.4. The molecule has 0 bridgehead atoms. The van der Waals surface area contributed by atoms with Gasteiger partial charge in [-0.15, -0.1) is 0 Å². The summed E-state index contributed by atoms with van der Waals surface area (Å²) >= 11 is 0. The van der Waals surface area contributed by atoms with Crippen molar-refractivity contribution in [3.8, 4) is 11.5 Å². The number of carbonyl (C=O) groups is 2. The Morgan fingerprint density at radius 1 is 0.519 bits per heavy atom. The highest BCUT2D eigenvalue weighted by atomic mass is 16.5. The maximum Gasteiger partial charge on any atom is 0.187 e. The Bertz CT molecular complexity index is 1320. The average molecular weight is 747 g/mol. The van der Waals surface area contributed by atoms with Gasteiger partial charge in [0.25, 0.3) is 0 Å². The van der Waals surface area contributed by atoms with E-state index in [1.54, 1.807) is 12.2 Å². The summed E-state index contributed by atoms with van der Waals surface area (Å²) in [6, 6.07) is 15.0. The summed E-state index contributed by atoms with van der Waals surface area (Å²) in [7, 11) is 0. The summed E-state index contributed by atoms with van der Waals surface area (Å²) in [5.41, 5.74) is 3.17. The van der Waals surface area contributed by atoms with Gasteiger partial charge in [0.15, 0.2) is 11.6 Å². The van der Waals surface area contributed by atoms with Crippen molar-refractivity contribution in [1.29, 1.82) is 0 Å². The zero-order valence-electron chi connectivity index (χ0n) is 34.6. The molecule has 0 heterocycles. The van der Waals surface area contributed by atoms with Crippen molar-refractivity contribution in [3.63, 3.8) is 0 Å². The molecule has 0 aliphatic rings. The Morgan fingerprint density at radius 3 is 1.37 bits per heavy atom. The molecule has 0 aromatic heterocycles. The molecule has 0 aliphatic heterocycles. The van der Waals surface area contributed by atoms with Gasteiger partial charge in [-0.3, -0.25) is 9.59 Å². The summed E-state index contributed by atoms with van der Waals surface area (Å²) < 4.78 is 11.9. The van der Waals surface area contributed by atoms with Crippen LogP contribution in [0.2, 0.25) is 0 Å². The lowest BCUT2D eigenvalue weighted by molar-refractivity contribution is 0.103. The lowest BCUT2D eigenvalue weighted by atomic mass is 10.1. The SMILES string of the molecule is CCCCNCCCOc1ccc(C(=O)/C=C(\CCCC)NCCN/C(=C/C(=O)c2ccc(OCCCN(CCCC)CCCC)cc2)CCCC)cc1. The highest BCUT2D eigenvalue weighted by Gasteiger charge is 2.09. The largest absolute Gasteiger partial charge is 0.494 e. The quantitative estimate of drug-likeness (QED) is 0.0371. The minimum absolute atomic E-state index is 0.0134. The first-order valence-electron chi connectivity index (χ1n) is 21.3. The molecule has 2 aromatic rings. The molecule has 0 amide bonds. The van der Waals surface area contributed by atoms with Gasteiger partial charge in [-0.25, -0.2) is 0 Å². The molecule has 3 N–H and O–H groups in total. The predicted octanol–water partition coefficient (Wildman–Crippen LogP) is 9.91. The van der Waals surface area contributed by atoms with Crippen LogP contribution in [0.4, 0.5) is 0 Å². The minimum atomic E-state index is -0.0183. The lowest BCUT2D eigenvalue weighted by Gasteiger charge is -2.21. The fourth-order valence-corrected chi connectivity index (χ4v) is 5.91. The summed E-state index contributed by atoms with van der Waals surface area (Å²) in [6.45, 7) is 19.0. The maximum absolute atomic E-state index is 13.2. The van der Waals surface area contributed by atoms with E-state index in [2.05, 4.69) is 55.5 Å². The number of hydrogen-bond acceptors (Lipinski definition) is 8. The number of unbranched alkanes of at least 4 members (excludes halogenated alkanes) is 5. The van der Waals surface area contributed by atoms with E-state index >= 15 is 0 Å². The van der Waals surface area contributed by atoms with Crippen molar-refractivity contribution < 1.29 is 19.1 Å². The van der Waals surface area contributed by atoms with Gasteiger partial charge in [-0.1, -0.05) is 66.7 Å². The summed E-state index contributed by atoms with van der Waals surface area (Å²) in [6.07, 6.45) is 18.4. The second-order valence-electron chi connectivity index (χ2n) is 14.2. The summed E-state index contributed by atoms with van der Waals surface area (Å²) in [5.74, 6) is 1.55. The Kier molecular flexibility index (Phi) is 26.4. The van der Waals surface area contributed by atoms with Gasteiger partial charge in [0.05, 0.1) is 13.2 Å². The molecule has 0 radical (unpaired) electrons. The first-order valence-corrected chi connectivity index (χ1v) is 21.3. The highest BCUT2D eigenvalue weighted by molar-refractivity contribution is 6.05. The number of nitrogens with zero attached hydrogens (tertiary/aromatic N) is 1. The van der Waals surface area contributed by atoms with Crippen LogP contribution in [0.15, 0.2) is 72.1 Å². The zero-order valence-corrected chi connectivity index (χ0v) is 34.6. The predicted molar refractivity (Wildman–Crippen MR) is 227 cm³/mol. The van der Waals surface area contributed by atoms with Gasteiger partial charge in [0.1, 0.15) is 11.5 Å². The van der Waals surface area contributed by atoms with Crippen LogP contribution in [-0.4, -0.2) is 75.5 Å². The van der Waals surface area contributed by atoms with Crippen LogP contribution in [0.1, 0.15) is 145 Å². The second-order valence-corrected chi connectivity index (χ2v) is 14.2. The van der Waals surface area contributed by atoms with Crippen LogP contribution in [0.25, 0.3) is 0 Å². The maximum atomic E-state index is 13.2. The smallest absolute Gasteiger partial charge is 0.187 e. The molecular formula is C46H74N4O4. The first kappa shape index (κ1) is 46.5. The molecule has 302 valence electrons. The van der Waals surface area contributed by atoms with Gasteiger partial charge in [-0.2, -0.15) is 0 Å². The van der Waals surface area contributed by atoms with Crippen molar-refractivity contribution in [3.05, 3.63) is 83.2 Å². The number of allylic oxidation sites excluding steroid dienone is 4. The van der Waals surface area contributed by atoms with E-state index < -0.39 is 0 Å². The third-order valence-corrected chi connectivity index (χ3v) is 9.33. The highest BCUT2D eigenvalue weighted by Crippen LogP contribution is 2.16. The third kappa shape index (κ3) is 21.3. The molecule has 0 atom stereocenters. The molecule has 54 heavy (non-hydrogen) atoms.